The Kier molecular flexibility index (Phi) is 10.4. The number of hydrogen-bond acceptors (Lipinski definition) is 4. The fraction of sp³-hybridized carbons (Fsp3) is 0.909. The van der Waals surface area contributed by atoms with Crippen LogP contribution < -0.4 is 0 Å². The Morgan fingerprint density at radius 2 is 1.56 bits per heavy atom. The van der Waals surface area contributed by atoms with E-state index in [1.54, 1.807) is 0 Å². The van der Waals surface area contributed by atoms with Crippen molar-refractivity contribution in [1.29, 1.82) is 0 Å². The van der Waals surface area contributed by atoms with Gasteiger partial charge >= 0.3 is 5.97 Å². The third-order valence-electron chi connectivity index (χ3n) is 2.15. The summed E-state index contributed by atoms with van der Waals surface area (Å²) in [5, 5.41) is 8.62. The Morgan fingerprint density at radius 3 is 1.94 bits per heavy atom. The molecule has 1 N–H and O–H groups in total. The first kappa shape index (κ1) is 15.3. The fourth-order valence-corrected chi connectivity index (χ4v) is 1.27. The molecule has 0 aliphatic carbocycles. The molecular weight excluding hydrogens is 210 g/mol. The number of rotatable bonds is 11. The molecule has 0 aliphatic rings. The fourth-order valence-electron chi connectivity index (χ4n) is 1.27. The van der Waals surface area contributed by atoms with E-state index in [0.29, 0.717) is 33.0 Å². The summed E-state index contributed by atoms with van der Waals surface area (Å²) in [4.78, 5) is 12.5. The summed E-state index contributed by atoms with van der Waals surface area (Å²) >= 11 is 0. The Bertz CT molecular complexity index is 165. The highest BCUT2D eigenvalue weighted by atomic mass is 16.5. The van der Waals surface area contributed by atoms with Crippen LogP contribution in [0, 0.1) is 0 Å². The first-order valence-corrected chi connectivity index (χ1v) is 5.80. The first-order valence-electron chi connectivity index (χ1n) is 5.80. The van der Waals surface area contributed by atoms with Crippen molar-refractivity contribution in [2.24, 2.45) is 0 Å². The van der Waals surface area contributed by atoms with Crippen molar-refractivity contribution >= 4 is 5.97 Å². The van der Waals surface area contributed by atoms with Crippen molar-refractivity contribution in [3.05, 3.63) is 0 Å². The molecule has 0 aromatic rings. The molecule has 0 saturated heterocycles. The molecular formula is C11H23NO4. The predicted molar refractivity (Wildman–Crippen MR) is 61.7 cm³/mol. The summed E-state index contributed by atoms with van der Waals surface area (Å²) in [5.74, 6) is -0.766. The summed E-state index contributed by atoms with van der Waals surface area (Å²) in [6, 6.07) is 0. The lowest BCUT2D eigenvalue weighted by Gasteiger charge is -2.21. The van der Waals surface area contributed by atoms with E-state index in [4.69, 9.17) is 14.6 Å². The summed E-state index contributed by atoms with van der Waals surface area (Å²) in [6.07, 6.45) is 0.165. The standard InChI is InChI=1S/C11H23NO4/c1-3-15-9-7-12(6-5-11(13)14)8-10-16-4-2/h3-10H2,1-2H3,(H,13,14). The van der Waals surface area contributed by atoms with Crippen molar-refractivity contribution < 1.29 is 19.4 Å². The van der Waals surface area contributed by atoms with Gasteiger partial charge in [-0.1, -0.05) is 0 Å². The second kappa shape index (κ2) is 10.9. The molecule has 0 fully saturated rings. The van der Waals surface area contributed by atoms with Crippen molar-refractivity contribution in [3.63, 3.8) is 0 Å². The van der Waals surface area contributed by atoms with Crippen LogP contribution in [0.1, 0.15) is 20.3 Å². The van der Waals surface area contributed by atoms with E-state index in [-0.39, 0.29) is 6.42 Å². The maximum atomic E-state index is 10.5. The zero-order valence-corrected chi connectivity index (χ0v) is 10.3. The van der Waals surface area contributed by atoms with E-state index >= 15 is 0 Å². The van der Waals surface area contributed by atoms with Gasteiger partial charge in [0.25, 0.3) is 0 Å². The van der Waals surface area contributed by atoms with E-state index < -0.39 is 5.97 Å². The lowest BCUT2D eigenvalue weighted by Crippen LogP contribution is -2.33. The number of hydrogen-bond donors (Lipinski definition) is 1. The third kappa shape index (κ3) is 9.89. The minimum Gasteiger partial charge on any atom is -0.481 e. The molecule has 0 aromatic heterocycles. The van der Waals surface area contributed by atoms with Gasteiger partial charge in [0.1, 0.15) is 0 Å². The van der Waals surface area contributed by atoms with E-state index in [1.807, 2.05) is 13.8 Å². The largest absolute Gasteiger partial charge is 0.481 e. The molecule has 5 nitrogen and oxygen atoms in total. The summed E-state index contributed by atoms with van der Waals surface area (Å²) in [6.45, 7) is 8.63. The van der Waals surface area contributed by atoms with Crippen LogP contribution in [0.2, 0.25) is 0 Å². The Hall–Kier alpha value is -0.650. The van der Waals surface area contributed by atoms with Crippen molar-refractivity contribution in [1.82, 2.24) is 4.90 Å². The second-order valence-corrected chi connectivity index (χ2v) is 3.38. The summed E-state index contributed by atoms with van der Waals surface area (Å²) < 4.78 is 10.5. The van der Waals surface area contributed by atoms with Crippen molar-refractivity contribution in [2.45, 2.75) is 20.3 Å². The molecule has 96 valence electrons. The predicted octanol–water partition coefficient (Wildman–Crippen LogP) is 0.836. The molecule has 0 aromatic carbocycles. The van der Waals surface area contributed by atoms with Crippen LogP contribution >= 0.6 is 0 Å². The van der Waals surface area contributed by atoms with Gasteiger partial charge in [0.05, 0.1) is 19.6 Å². The molecule has 0 spiro atoms. The van der Waals surface area contributed by atoms with Crippen molar-refractivity contribution in [3.8, 4) is 0 Å². The topological polar surface area (TPSA) is 59.0 Å². The van der Waals surface area contributed by atoms with Gasteiger partial charge in [-0.3, -0.25) is 9.69 Å². The zero-order valence-electron chi connectivity index (χ0n) is 10.3. The van der Waals surface area contributed by atoms with Gasteiger partial charge in [-0.25, -0.2) is 0 Å². The average Bonchev–Trinajstić information content (AvgIpc) is 2.25. The number of nitrogens with zero attached hydrogens (tertiary/aromatic N) is 1. The van der Waals surface area contributed by atoms with Gasteiger partial charge < -0.3 is 14.6 Å². The van der Waals surface area contributed by atoms with E-state index in [0.717, 1.165) is 13.1 Å². The molecule has 0 atom stereocenters. The smallest absolute Gasteiger partial charge is 0.304 e. The molecule has 16 heavy (non-hydrogen) atoms. The van der Waals surface area contributed by atoms with Crippen LogP contribution in [0.5, 0.6) is 0 Å². The quantitative estimate of drug-likeness (QED) is 0.536. The van der Waals surface area contributed by atoms with Crippen LogP contribution in [-0.2, 0) is 14.3 Å². The van der Waals surface area contributed by atoms with Crippen molar-refractivity contribution in [2.75, 3.05) is 46.1 Å². The zero-order chi connectivity index (χ0) is 12.2. The highest BCUT2D eigenvalue weighted by molar-refractivity contribution is 5.66. The number of carboxylic acid groups (broad SMARTS) is 1. The molecule has 0 unspecified atom stereocenters. The van der Waals surface area contributed by atoms with E-state index in [1.165, 1.54) is 0 Å². The molecule has 0 bridgehead atoms. The maximum absolute atomic E-state index is 10.5. The Morgan fingerprint density at radius 1 is 1.06 bits per heavy atom. The van der Waals surface area contributed by atoms with Gasteiger partial charge in [-0.05, 0) is 13.8 Å². The van der Waals surface area contributed by atoms with Gasteiger partial charge in [-0.15, -0.1) is 0 Å². The van der Waals surface area contributed by atoms with Crippen LogP contribution in [0.15, 0.2) is 0 Å². The molecule has 5 heteroatoms. The van der Waals surface area contributed by atoms with E-state index in [9.17, 15) is 4.79 Å². The molecule has 0 radical (unpaired) electrons. The summed E-state index contributed by atoms with van der Waals surface area (Å²) in [7, 11) is 0. The van der Waals surface area contributed by atoms with Crippen LogP contribution in [0.25, 0.3) is 0 Å². The molecule has 0 amide bonds. The minimum absolute atomic E-state index is 0.165. The van der Waals surface area contributed by atoms with Gasteiger partial charge in [0.2, 0.25) is 0 Å². The number of carbonyl (C=O) groups is 1. The van der Waals surface area contributed by atoms with Gasteiger partial charge in [0, 0.05) is 32.8 Å². The summed E-state index contributed by atoms with van der Waals surface area (Å²) in [5.41, 5.74) is 0. The number of carboxylic acids is 1. The average molecular weight is 233 g/mol. The highest BCUT2D eigenvalue weighted by Gasteiger charge is 2.07. The maximum Gasteiger partial charge on any atom is 0.304 e. The molecule has 0 rings (SSSR count). The lowest BCUT2D eigenvalue weighted by atomic mass is 10.3. The first-order chi connectivity index (χ1) is 7.70. The Labute approximate surface area is 97.3 Å². The van der Waals surface area contributed by atoms with Gasteiger partial charge in [0.15, 0.2) is 0 Å². The van der Waals surface area contributed by atoms with Crippen LogP contribution in [-0.4, -0.2) is 62.0 Å². The molecule has 0 aliphatic heterocycles. The Balaban J connectivity index is 3.71. The van der Waals surface area contributed by atoms with Crippen LogP contribution in [0.4, 0.5) is 0 Å². The van der Waals surface area contributed by atoms with Gasteiger partial charge in [-0.2, -0.15) is 0 Å². The van der Waals surface area contributed by atoms with Crippen LogP contribution in [0.3, 0.4) is 0 Å². The SMILES string of the molecule is CCOCCN(CCOCC)CCC(=O)O. The number of aliphatic carboxylic acids is 1. The molecule has 0 saturated carbocycles. The van der Waals surface area contributed by atoms with E-state index in [2.05, 4.69) is 4.90 Å². The normalized spacial score (nSPS) is 10.9. The number of ether oxygens (including phenoxy) is 2. The minimum atomic E-state index is -0.766. The highest BCUT2D eigenvalue weighted by Crippen LogP contribution is 1.93. The third-order valence-corrected chi connectivity index (χ3v) is 2.15. The lowest BCUT2D eigenvalue weighted by molar-refractivity contribution is -0.137. The monoisotopic (exact) mass is 233 g/mol. The molecule has 0 heterocycles. The second-order valence-electron chi connectivity index (χ2n) is 3.38.